The molecule has 26 heavy (non-hydrogen) atoms. The number of carbonyl (C=O) groups is 1. The zero-order valence-corrected chi connectivity index (χ0v) is 16.8. The van der Waals surface area contributed by atoms with Crippen molar-refractivity contribution < 1.29 is 13.2 Å². The zero-order valence-electron chi connectivity index (χ0n) is 15.2. The number of likely N-dealkylation sites (N-methyl/N-ethyl adjacent to an activating group) is 1. The molecule has 1 heterocycles. The number of sulfonamides is 1. The number of rotatable bonds is 6. The Labute approximate surface area is 162 Å². The third-order valence-electron chi connectivity index (χ3n) is 5.24. The molecule has 1 aromatic rings. The number of fused-ring (bicyclic) bond motifs is 1. The molecule has 8 heteroatoms. The lowest BCUT2D eigenvalue weighted by Crippen LogP contribution is -2.40. The minimum Gasteiger partial charge on any atom is -0.341 e. The molecule has 0 aromatic heterocycles. The Morgan fingerprint density at radius 2 is 2.00 bits per heavy atom. The molecule has 1 fully saturated rings. The number of hydrogen-bond acceptors (Lipinski definition) is 4. The Morgan fingerprint density at radius 3 is 2.69 bits per heavy atom. The summed E-state index contributed by atoms with van der Waals surface area (Å²) in [6.45, 7) is 1.86. The molecule has 2 N–H and O–H groups in total. The number of aryl methyl sites for hydroxylation is 2. The summed E-state index contributed by atoms with van der Waals surface area (Å²) in [7, 11) is -1.78. The van der Waals surface area contributed by atoms with E-state index in [0.29, 0.717) is 4.90 Å². The van der Waals surface area contributed by atoms with Crippen LogP contribution in [0.15, 0.2) is 23.1 Å². The summed E-state index contributed by atoms with van der Waals surface area (Å²) in [6.07, 6.45) is 5.38. The van der Waals surface area contributed by atoms with Crippen molar-refractivity contribution in [1.82, 2.24) is 14.9 Å². The van der Waals surface area contributed by atoms with E-state index in [0.717, 1.165) is 44.3 Å². The summed E-state index contributed by atoms with van der Waals surface area (Å²) in [5.74, 6) is -0.0261. The molecule has 0 saturated carbocycles. The molecule has 1 atom stereocenters. The Kier molecular flexibility index (Phi) is 7.46. The highest BCUT2D eigenvalue weighted by atomic mass is 35.5. The van der Waals surface area contributed by atoms with E-state index in [-0.39, 0.29) is 37.3 Å². The highest BCUT2D eigenvalue weighted by molar-refractivity contribution is 7.89. The number of hydrogen-bond donors (Lipinski definition) is 2. The quantitative estimate of drug-likeness (QED) is 0.756. The van der Waals surface area contributed by atoms with E-state index in [1.54, 1.807) is 24.1 Å². The number of nitrogens with zero attached hydrogens (tertiary/aromatic N) is 1. The standard InChI is InChI=1S/C18H27N3O3S.ClH/c1-21(16-8-10-19-13-16)18(22)9-11-20-25(23,24)17-7-6-14-4-2-3-5-15(14)12-17;/h6-7,12,16,19-20H,2-5,8-11,13H2,1H3;1H. The molecule has 1 aliphatic carbocycles. The van der Waals surface area contributed by atoms with Crippen LogP contribution in [-0.4, -0.2) is 51.9 Å². The smallest absolute Gasteiger partial charge is 0.240 e. The summed E-state index contributed by atoms with van der Waals surface area (Å²) in [6, 6.07) is 5.60. The minimum absolute atomic E-state index is 0. The summed E-state index contributed by atoms with van der Waals surface area (Å²) < 4.78 is 27.5. The first kappa shape index (κ1) is 21.2. The average Bonchev–Trinajstić information content (AvgIpc) is 3.15. The van der Waals surface area contributed by atoms with Gasteiger partial charge in [-0.25, -0.2) is 13.1 Å². The van der Waals surface area contributed by atoms with Crippen molar-refractivity contribution in [3.63, 3.8) is 0 Å². The SMILES string of the molecule is CN(C(=O)CCNS(=O)(=O)c1ccc2c(c1)CCCC2)C1CCNC1.Cl. The normalized spacial score (nSPS) is 19.5. The Hall–Kier alpha value is -1.15. The van der Waals surface area contributed by atoms with Gasteiger partial charge in [-0.05, 0) is 61.9 Å². The first-order valence-electron chi connectivity index (χ1n) is 9.05. The molecule has 1 saturated heterocycles. The maximum absolute atomic E-state index is 12.5. The molecule has 1 aliphatic heterocycles. The lowest BCUT2D eigenvalue weighted by Gasteiger charge is -2.23. The molecule has 3 rings (SSSR count). The van der Waals surface area contributed by atoms with E-state index in [2.05, 4.69) is 10.0 Å². The van der Waals surface area contributed by atoms with E-state index in [9.17, 15) is 13.2 Å². The van der Waals surface area contributed by atoms with Crippen LogP contribution < -0.4 is 10.0 Å². The summed E-state index contributed by atoms with van der Waals surface area (Å²) in [5, 5.41) is 3.23. The molecule has 1 amide bonds. The number of halogens is 1. The van der Waals surface area contributed by atoms with Gasteiger partial charge in [-0.2, -0.15) is 0 Å². The van der Waals surface area contributed by atoms with Crippen LogP contribution in [0.5, 0.6) is 0 Å². The molecular weight excluding hydrogens is 374 g/mol. The van der Waals surface area contributed by atoms with Crippen molar-refractivity contribution in [2.24, 2.45) is 0 Å². The highest BCUT2D eigenvalue weighted by Gasteiger charge is 2.23. The number of amides is 1. The van der Waals surface area contributed by atoms with Crippen molar-refractivity contribution >= 4 is 28.3 Å². The van der Waals surface area contributed by atoms with Crippen molar-refractivity contribution in [2.75, 3.05) is 26.7 Å². The zero-order chi connectivity index (χ0) is 17.9. The fraction of sp³-hybridized carbons (Fsp3) is 0.611. The van der Waals surface area contributed by atoms with Crippen LogP contribution in [0.1, 0.15) is 36.8 Å². The maximum Gasteiger partial charge on any atom is 0.240 e. The summed E-state index contributed by atoms with van der Waals surface area (Å²) in [4.78, 5) is 14.2. The second-order valence-electron chi connectivity index (χ2n) is 6.94. The second-order valence-corrected chi connectivity index (χ2v) is 8.70. The second kappa shape index (κ2) is 9.17. The van der Waals surface area contributed by atoms with Crippen LogP contribution in [0, 0.1) is 0 Å². The lowest BCUT2D eigenvalue weighted by atomic mass is 9.92. The molecule has 2 aliphatic rings. The average molecular weight is 402 g/mol. The molecule has 1 unspecified atom stereocenters. The first-order valence-corrected chi connectivity index (χ1v) is 10.5. The topological polar surface area (TPSA) is 78.5 Å². The Morgan fingerprint density at radius 1 is 1.27 bits per heavy atom. The number of nitrogens with one attached hydrogen (secondary N) is 2. The van der Waals surface area contributed by atoms with Gasteiger partial charge in [0.15, 0.2) is 0 Å². The van der Waals surface area contributed by atoms with Gasteiger partial charge in [0.25, 0.3) is 0 Å². The fourth-order valence-corrected chi connectivity index (χ4v) is 4.68. The first-order chi connectivity index (χ1) is 12.0. The van der Waals surface area contributed by atoms with Crippen LogP contribution in [0.4, 0.5) is 0 Å². The molecule has 0 radical (unpaired) electrons. The molecule has 0 spiro atoms. The van der Waals surface area contributed by atoms with Gasteiger partial charge in [-0.1, -0.05) is 6.07 Å². The van der Waals surface area contributed by atoms with Crippen molar-refractivity contribution in [1.29, 1.82) is 0 Å². The van der Waals surface area contributed by atoms with Gasteiger partial charge in [0, 0.05) is 32.6 Å². The predicted molar refractivity (Wildman–Crippen MR) is 104 cm³/mol. The van der Waals surface area contributed by atoms with Gasteiger partial charge in [-0.3, -0.25) is 4.79 Å². The summed E-state index contributed by atoms with van der Waals surface area (Å²) in [5.41, 5.74) is 2.39. The van der Waals surface area contributed by atoms with E-state index in [4.69, 9.17) is 0 Å². The molecule has 1 aromatic carbocycles. The monoisotopic (exact) mass is 401 g/mol. The molecule has 146 valence electrons. The lowest BCUT2D eigenvalue weighted by molar-refractivity contribution is -0.131. The van der Waals surface area contributed by atoms with Crippen LogP contribution in [0.25, 0.3) is 0 Å². The fourth-order valence-electron chi connectivity index (χ4n) is 3.60. The minimum atomic E-state index is -3.57. The third kappa shape index (κ3) is 4.97. The van der Waals surface area contributed by atoms with E-state index < -0.39 is 10.0 Å². The Bertz CT molecular complexity index is 733. The van der Waals surface area contributed by atoms with Gasteiger partial charge in [-0.15, -0.1) is 12.4 Å². The molecule has 0 bridgehead atoms. The van der Waals surface area contributed by atoms with Crippen LogP contribution in [0.3, 0.4) is 0 Å². The van der Waals surface area contributed by atoms with E-state index in [1.807, 2.05) is 6.07 Å². The largest absolute Gasteiger partial charge is 0.341 e. The predicted octanol–water partition coefficient (Wildman–Crippen LogP) is 1.48. The number of carbonyl (C=O) groups excluding carboxylic acids is 1. The van der Waals surface area contributed by atoms with Crippen molar-refractivity contribution in [3.05, 3.63) is 29.3 Å². The highest BCUT2D eigenvalue weighted by Crippen LogP contribution is 2.24. The Balaban J connectivity index is 0.00000243. The maximum atomic E-state index is 12.5. The van der Waals surface area contributed by atoms with Gasteiger partial charge >= 0.3 is 0 Å². The van der Waals surface area contributed by atoms with Crippen molar-refractivity contribution in [2.45, 2.75) is 49.5 Å². The molecular formula is C18H28ClN3O3S. The summed E-state index contributed by atoms with van der Waals surface area (Å²) >= 11 is 0. The molecule has 6 nitrogen and oxygen atoms in total. The van der Waals surface area contributed by atoms with Crippen LogP contribution >= 0.6 is 12.4 Å². The van der Waals surface area contributed by atoms with Gasteiger partial charge < -0.3 is 10.2 Å². The number of benzene rings is 1. The van der Waals surface area contributed by atoms with Crippen molar-refractivity contribution in [3.8, 4) is 0 Å². The van der Waals surface area contributed by atoms with Crippen LogP contribution in [0.2, 0.25) is 0 Å². The van der Waals surface area contributed by atoms with Gasteiger partial charge in [0.1, 0.15) is 0 Å². The van der Waals surface area contributed by atoms with E-state index in [1.165, 1.54) is 12.0 Å². The van der Waals surface area contributed by atoms with Gasteiger partial charge in [0.05, 0.1) is 4.90 Å². The van der Waals surface area contributed by atoms with E-state index >= 15 is 0 Å². The van der Waals surface area contributed by atoms with Crippen LogP contribution in [-0.2, 0) is 27.7 Å². The third-order valence-corrected chi connectivity index (χ3v) is 6.70. The van der Waals surface area contributed by atoms with Gasteiger partial charge in [0.2, 0.25) is 15.9 Å².